The van der Waals surface area contributed by atoms with E-state index >= 15 is 0 Å². The van der Waals surface area contributed by atoms with Gasteiger partial charge < -0.3 is 5.32 Å². The molecule has 2 nitrogen and oxygen atoms in total. The molecule has 0 amide bonds. The molecular formula is C13H17NO. The Morgan fingerprint density at radius 3 is 2.73 bits per heavy atom. The van der Waals surface area contributed by atoms with E-state index in [2.05, 4.69) is 18.3 Å². The quantitative estimate of drug-likeness (QED) is 0.748. The van der Waals surface area contributed by atoms with Crippen LogP contribution in [0.2, 0.25) is 0 Å². The number of ketones is 1. The maximum atomic E-state index is 11.5. The van der Waals surface area contributed by atoms with E-state index in [1.54, 1.807) is 6.92 Å². The summed E-state index contributed by atoms with van der Waals surface area (Å²) >= 11 is 0. The molecule has 1 heterocycles. The lowest BCUT2D eigenvalue weighted by molar-refractivity contribution is 0.101. The van der Waals surface area contributed by atoms with Crippen LogP contribution in [0.1, 0.15) is 42.6 Å². The first-order chi connectivity index (χ1) is 7.13. The minimum absolute atomic E-state index is 0.0116. The van der Waals surface area contributed by atoms with E-state index in [1.165, 1.54) is 6.42 Å². The van der Waals surface area contributed by atoms with Gasteiger partial charge in [0.05, 0.1) is 0 Å². The van der Waals surface area contributed by atoms with Gasteiger partial charge >= 0.3 is 0 Å². The van der Waals surface area contributed by atoms with Crippen molar-refractivity contribution in [2.24, 2.45) is 0 Å². The first-order valence-electron chi connectivity index (χ1n) is 5.49. The first-order valence-corrected chi connectivity index (χ1v) is 5.49. The second-order valence-electron chi connectivity index (χ2n) is 4.46. The number of rotatable bonds is 2. The molecule has 1 atom stereocenters. The normalized spacial score (nSPS) is 25.5. The van der Waals surface area contributed by atoms with Crippen LogP contribution in [0.25, 0.3) is 0 Å². The Morgan fingerprint density at radius 1 is 1.40 bits per heavy atom. The van der Waals surface area contributed by atoms with Crippen molar-refractivity contribution in [1.82, 2.24) is 5.32 Å². The Hall–Kier alpha value is -1.15. The summed E-state index contributed by atoms with van der Waals surface area (Å²) in [5, 5.41) is 3.49. The summed E-state index contributed by atoms with van der Waals surface area (Å²) in [6.45, 7) is 4.86. The highest BCUT2D eigenvalue weighted by Crippen LogP contribution is 2.32. The van der Waals surface area contributed by atoms with Gasteiger partial charge in [0.15, 0.2) is 5.78 Å². The zero-order chi connectivity index (χ0) is 10.9. The molecule has 1 N–H and O–H groups in total. The van der Waals surface area contributed by atoms with Crippen LogP contribution in [0.3, 0.4) is 0 Å². The third-order valence-corrected chi connectivity index (χ3v) is 3.27. The average molecular weight is 203 g/mol. The smallest absolute Gasteiger partial charge is 0.160 e. The van der Waals surface area contributed by atoms with Crippen molar-refractivity contribution >= 4 is 5.78 Å². The third kappa shape index (κ3) is 1.82. The van der Waals surface area contributed by atoms with E-state index in [4.69, 9.17) is 0 Å². The van der Waals surface area contributed by atoms with Gasteiger partial charge in [0.2, 0.25) is 0 Å². The standard InChI is InChI=1S/C13H17NO/c1-10(15)11-6-3-4-7-12(11)13(2)8-5-9-14-13/h3-4,6-7,14H,5,8-9H2,1-2H3/t13-/m0/s1. The summed E-state index contributed by atoms with van der Waals surface area (Å²) in [5.41, 5.74) is 1.99. The Bertz CT molecular complexity index is 378. The minimum atomic E-state index is -0.0116. The van der Waals surface area contributed by atoms with Gasteiger partial charge in [-0.2, -0.15) is 0 Å². The zero-order valence-electron chi connectivity index (χ0n) is 9.34. The summed E-state index contributed by atoms with van der Waals surface area (Å²) < 4.78 is 0. The lowest BCUT2D eigenvalue weighted by atomic mass is 9.86. The third-order valence-electron chi connectivity index (χ3n) is 3.27. The van der Waals surface area contributed by atoms with Gasteiger partial charge in [-0.3, -0.25) is 4.79 Å². The van der Waals surface area contributed by atoms with Crippen LogP contribution in [-0.4, -0.2) is 12.3 Å². The Balaban J connectivity index is 2.47. The van der Waals surface area contributed by atoms with Crippen molar-refractivity contribution in [2.45, 2.75) is 32.2 Å². The largest absolute Gasteiger partial charge is 0.308 e. The fraction of sp³-hybridized carbons (Fsp3) is 0.462. The van der Waals surface area contributed by atoms with Gasteiger partial charge in [-0.1, -0.05) is 24.3 Å². The van der Waals surface area contributed by atoms with E-state index in [0.29, 0.717) is 0 Å². The lowest BCUT2D eigenvalue weighted by Gasteiger charge is -2.27. The number of carbonyl (C=O) groups is 1. The molecule has 1 aliphatic heterocycles. The van der Waals surface area contributed by atoms with Crippen molar-refractivity contribution < 1.29 is 4.79 Å². The van der Waals surface area contributed by atoms with Crippen LogP contribution < -0.4 is 5.32 Å². The summed E-state index contributed by atoms with van der Waals surface area (Å²) in [5.74, 6) is 0.153. The Kier molecular flexibility index (Phi) is 2.61. The number of hydrogen-bond acceptors (Lipinski definition) is 2. The minimum Gasteiger partial charge on any atom is -0.308 e. The van der Waals surface area contributed by atoms with Gasteiger partial charge in [-0.15, -0.1) is 0 Å². The van der Waals surface area contributed by atoms with Gasteiger partial charge in [-0.05, 0) is 38.8 Å². The predicted molar refractivity (Wildman–Crippen MR) is 61.0 cm³/mol. The van der Waals surface area contributed by atoms with Gasteiger partial charge in [0.25, 0.3) is 0 Å². The molecule has 0 spiro atoms. The molecule has 1 fully saturated rings. The molecule has 80 valence electrons. The van der Waals surface area contributed by atoms with Crippen molar-refractivity contribution in [3.05, 3.63) is 35.4 Å². The number of hydrogen-bond donors (Lipinski definition) is 1. The number of Topliss-reactive ketones (excluding diaryl/α,β-unsaturated/α-hetero) is 1. The Morgan fingerprint density at radius 2 is 2.13 bits per heavy atom. The fourth-order valence-corrected chi connectivity index (χ4v) is 2.40. The SMILES string of the molecule is CC(=O)c1ccccc1[C@]1(C)CCCN1. The maximum Gasteiger partial charge on any atom is 0.160 e. The molecule has 2 heteroatoms. The van der Waals surface area contributed by atoms with E-state index in [0.717, 1.165) is 24.1 Å². The Labute approximate surface area is 90.7 Å². The topological polar surface area (TPSA) is 29.1 Å². The molecule has 2 rings (SSSR count). The average Bonchev–Trinajstić information content (AvgIpc) is 2.66. The predicted octanol–water partition coefficient (Wildman–Crippen LogP) is 2.49. The highest BCUT2D eigenvalue weighted by Gasteiger charge is 2.32. The monoisotopic (exact) mass is 203 g/mol. The first kappa shape index (κ1) is 10.4. The molecular weight excluding hydrogens is 186 g/mol. The van der Waals surface area contributed by atoms with Gasteiger partial charge in [-0.25, -0.2) is 0 Å². The summed E-state index contributed by atoms with van der Waals surface area (Å²) in [7, 11) is 0. The summed E-state index contributed by atoms with van der Waals surface area (Å²) in [4.78, 5) is 11.5. The van der Waals surface area contributed by atoms with E-state index in [-0.39, 0.29) is 11.3 Å². The second-order valence-corrected chi connectivity index (χ2v) is 4.46. The molecule has 1 aromatic carbocycles. The highest BCUT2D eigenvalue weighted by atomic mass is 16.1. The number of benzene rings is 1. The van der Waals surface area contributed by atoms with Gasteiger partial charge in [0, 0.05) is 11.1 Å². The number of nitrogens with one attached hydrogen (secondary N) is 1. The second kappa shape index (κ2) is 3.78. The van der Waals surface area contributed by atoms with Crippen LogP contribution in [-0.2, 0) is 5.54 Å². The van der Waals surface area contributed by atoms with E-state index in [9.17, 15) is 4.79 Å². The maximum absolute atomic E-state index is 11.5. The van der Waals surface area contributed by atoms with Crippen LogP contribution in [0.5, 0.6) is 0 Å². The van der Waals surface area contributed by atoms with Crippen molar-refractivity contribution in [2.75, 3.05) is 6.54 Å². The van der Waals surface area contributed by atoms with Crippen LogP contribution in [0.15, 0.2) is 24.3 Å². The molecule has 0 aromatic heterocycles. The molecule has 1 aliphatic rings. The molecule has 0 saturated carbocycles. The van der Waals surface area contributed by atoms with Gasteiger partial charge in [0.1, 0.15) is 0 Å². The van der Waals surface area contributed by atoms with Crippen LogP contribution in [0.4, 0.5) is 0 Å². The lowest BCUT2D eigenvalue weighted by Crippen LogP contribution is -2.34. The molecule has 15 heavy (non-hydrogen) atoms. The van der Waals surface area contributed by atoms with Crippen molar-refractivity contribution in [3.8, 4) is 0 Å². The molecule has 0 unspecified atom stereocenters. The molecule has 1 saturated heterocycles. The highest BCUT2D eigenvalue weighted by molar-refractivity contribution is 5.95. The molecule has 0 radical (unpaired) electrons. The fourth-order valence-electron chi connectivity index (χ4n) is 2.40. The van der Waals surface area contributed by atoms with Crippen LogP contribution in [0, 0.1) is 0 Å². The van der Waals surface area contributed by atoms with Crippen molar-refractivity contribution in [3.63, 3.8) is 0 Å². The molecule has 1 aromatic rings. The summed E-state index contributed by atoms with van der Waals surface area (Å²) in [6, 6.07) is 7.92. The van der Waals surface area contributed by atoms with Crippen LogP contribution >= 0.6 is 0 Å². The van der Waals surface area contributed by atoms with E-state index < -0.39 is 0 Å². The molecule has 0 bridgehead atoms. The summed E-state index contributed by atoms with van der Waals surface area (Å²) in [6.07, 6.45) is 2.29. The molecule has 0 aliphatic carbocycles. The van der Waals surface area contributed by atoms with E-state index in [1.807, 2.05) is 18.2 Å². The zero-order valence-corrected chi connectivity index (χ0v) is 9.34. The van der Waals surface area contributed by atoms with Crippen molar-refractivity contribution in [1.29, 1.82) is 0 Å². The number of carbonyl (C=O) groups excluding carboxylic acids is 1.